The number of fused-ring (bicyclic) bond motifs is 1. The van der Waals surface area contributed by atoms with Gasteiger partial charge in [0.15, 0.2) is 0 Å². The van der Waals surface area contributed by atoms with Crippen LogP contribution in [0.4, 0.5) is 0 Å². The summed E-state index contributed by atoms with van der Waals surface area (Å²) < 4.78 is 1.94. The van der Waals surface area contributed by atoms with E-state index >= 15 is 0 Å². The van der Waals surface area contributed by atoms with Gasteiger partial charge >= 0.3 is 0 Å². The van der Waals surface area contributed by atoms with Crippen LogP contribution in [0, 0.1) is 0 Å². The molecule has 0 saturated carbocycles. The molecule has 1 aromatic heterocycles. The van der Waals surface area contributed by atoms with Crippen LogP contribution >= 0.6 is 0 Å². The molecule has 6 heteroatoms. The summed E-state index contributed by atoms with van der Waals surface area (Å²) in [6.07, 6.45) is 3.46. The smallest absolute Gasteiger partial charge is 0.244 e. The number of rotatable bonds is 6. The first kappa shape index (κ1) is 16.6. The van der Waals surface area contributed by atoms with Gasteiger partial charge in [0.1, 0.15) is 18.2 Å². The Kier molecular flexibility index (Phi) is 5.25. The van der Waals surface area contributed by atoms with Crippen LogP contribution in [0.5, 0.6) is 0 Å². The van der Waals surface area contributed by atoms with E-state index in [0.29, 0.717) is 0 Å². The van der Waals surface area contributed by atoms with E-state index in [9.17, 15) is 4.79 Å². The normalized spacial score (nSPS) is 18.0. The van der Waals surface area contributed by atoms with Crippen molar-refractivity contribution in [3.05, 3.63) is 48.0 Å². The van der Waals surface area contributed by atoms with Gasteiger partial charge in [-0.2, -0.15) is 5.10 Å². The Balaban J connectivity index is 1.79. The molecule has 0 spiro atoms. The molecule has 0 radical (unpaired) electrons. The summed E-state index contributed by atoms with van der Waals surface area (Å²) in [5.74, 6) is 1.16. The van der Waals surface area contributed by atoms with Gasteiger partial charge in [-0.05, 0) is 25.8 Å². The SMILES string of the molecule is CCN(CC)C(=O)[C@@H](N[C@@H]1CCc2ncnn2C1)c1ccccc1. The number of aromatic nitrogens is 3. The Bertz CT molecular complexity index is 665. The predicted molar refractivity (Wildman–Crippen MR) is 92.4 cm³/mol. The molecule has 24 heavy (non-hydrogen) atoms. The van der Waals surface area contributed by atoms with Crippen molar-refractivity contribution in [2.45, 2.75) is 45.3 Å². The van der Waals surface area contributed by atoms with Gasteiger partial charge in [0.05, 0.1) is 6.54 Å². The zero-order valence-corrected chi connectivity index (χ0v) is 14.4. The maximum atomic E-state index is 13.0. The molecule has 0 saturated heterocycles. The standard InChI is InChI=1S/C18H25N5O/c1-3-22(4-2)18(24)17(14-8-6-5-7-9-14)21-15-10-11-16-19-13-20-23(16)12-15/h5-9,13,15,17,21H,3-4,10-12H2,1-2H3/t15-,17+/m1/s1. The Morgan fingerprint density at radius 3 is 2.79 bits per heavy atom. The van der Waals surface area contributed by atoms with Gasteiger partial charge in [-0.3, -0.25) is 10.1 Å². The number of likely N-dealkylation sites (N-methyl/N-ethyl adjacent to an activating group) is 1. The highest BCUT2D eigenvalue weighted by Crippen LogP contribution is 2.20. The maximum absolute atomic E-state index is 13.0. The van der Waals surface area contributed by atoms with Crippen LogP contribution in [0.1, 0.15) is 37.7 Å². The van der Waals surface area contributed by atoms with Gasteiger partial charge in [0, 0.05) is 25.6 Å². The van der Waals surface area contributed by atoms with Gasteiger partial charge < -0.3 is 4.90 Å². The molecular weight excluding hydrogens is 302 g/mol. The fraction of sp³-hybridized carbons (Fsp3) is 0.500. The number of carbonyl (C=O) groups is 1. The molecule has 2 atom stereocenters. The van der Waals surface area contributed by atoms with Crippen LogP contribution < -0.4 is 5.32 Å². The van der Waals surface area contributed by atoms with Crippen molar-refractivity contribution in [2.75, 3.05) is 13.1 Å². The third-order valence-electron chi connectivity index (χ3n) is 4.66. The molecule has 6 nitrogen and oxygen atoms in total. The van der Waals surface area contributed by atoms with Crippen LogP contribution in [-0.4, -0.2) is 44.7 Å². The van der Waals surface area contributed by atoms with Gasteiger partial charge in [0.25, 0.3) is 0 Å². The van der Waals surface area contributed by atoms with Crippen LogP contribution in [0.3, 0.4) is 0 Å². The average molecular weight is 327 g/mol. The summed E-state index contributed by atoms with van der Waals surface area (Å²) in [6, 6.07) is 9.87. The molecule has 1 N–H and O–H groups in total. The molecule has 0 fully saturated rings. The second kappa shape index (κ2) is 7.57. The predicted octanol–water partition coefficient (Wildman–Crippen LogP) is 1.79. The Hall–Kier alpha value is -2.21. The Morgan fingerprint density at radius 1 is 1.33 bits per heavy atom. The van der Waals surface area contributed by atoms with E-state index in [2.05, 4.69) is 15.4 Å². The van der Waals surface area contributed by atoms with Gasteiger partial charge in [-0.15, -0.1) is 0 Å². The first-order chi connectivity index (χ1) is 11.7. The molecule has 1 aromatic carbocycles. The van der Waals surface area contributed by atoms with Crippen molar-refractivity contribution in [3.63, 3.8) is 0 Å². The number of nitrogens with one attached hydrogen (secondary N) is 1. The summed E-state index contributed by atoms with van der Waals surface area (Å²) in [7, 11) is 0. The van der Waals surface area contributed by atoms with E-state index in [1.807, 2.05) is 53.8 Å². The second-order valence-corrected chi connectivity index (χ2v) is 6.11. The van der Waals surface area contributed by atoms with E-state index in [-0.39, 0.29) is 18.0 Å². The summed E-state index contributed by atoms with van der Waals surface area (Å²) >= 11 is 0. The van der Waals surface area contributed by atoms with Crippen molar-refractivity contribution >= 4 is 5.91 Å². The van der Waals surface area contributed by atoms with Crippen molar-refractivity contribution in [1.82, 2.24) is 25.0 Å². The van der Waals surface area contributed by atoms with Crippen molar-refractivity contribution in [1.29, 1.82) is 0 Å². The largest absolute Gasteiger partial charge is 0.342 e. The molecule has 1 aliphatic heterocycles. The van der Waals surface area contributed by atoms with Crippen LogP contribution in [0.25, 0.3) is 0 Å². The fourth-order valence-corrected chi connectivity index (χ4v) is 3.28. The minimum Gasteiger partial charge on any atom is -0.342 e. The monoisotopic (exact) mass is 327 g/mol. The number of benzene rings is 1. The van der Waals surface area contributed by atoms with E-state index in [1.54, 1.807) is 6.33 Å². The van der Waals surface area contributed by atoms with Crippen molar-refractivity contribution < 1.29 is 4.79 Å². The molecule has 2 heterocycles. The molecule has 1 aliphatic rings. The summed E-state index contributed by atoms with van der Waals surface area (Å²) in [4.78, 5) is 19.2. The van der Waals surface area contributed by atoms with E-state index in [4.69, 9.17) is 0 Å². The minimum absolute atomic E-state index is 0.135. The van der Waals surface area contributed by atoms with Crippen LogP contribution in [-0.2, 0) is 17.8 Å². The molecule has 2 aromatic rings. The zero-order valence-electron chi connectivity index (χ0n) is 14.4. The summed E-state index contributed by atoms with van der Waals surface area (Å²) in [5, 5.41) is 7.84. The molecule has 0 bridgehead atoms. The lowest BCUT2D eigenvalue weighted by Crippen LogP contribution is -2.47. The number of amides is 1. The molecule has 1 amide bonds. The quantitative estimate of drug-likeness (QED) is 0.879. The minimum atomic E-state index is -0.318. The van der Waals surface area contributed by atoms with Gasteiger partial charge in [-0.1, -0.05) is 30.3 Å². The zero-order chi connectivity index (χ0) is 16.9. The topological polar surface area (TPSA) is 63.1 Å². The number of hydrogen-bond donors (Lipinski definition) is 1. The Morgan fingerprint density at radius 2 is 2.08 bits per heavy atom. The number of aryl methyl sites for hydroxylation is 1. The van der Waals surface area contributed by atoms with Crippen LogP contribution in [0.15, 0.2) is 36.7 Å². The third-order valence-corrected chi connectivity index (χ3v) is 4.66. The molecule has 0 unspecified atom stereocenters. The highest BCUT2D eigenvalue weighted by Gasteiger charge is 2.29. The fourth-order valence-electron chi connectivity index (χ4n) is 3.28. The third kappa shape index (κ3) is 3.48. The number of hydrogen-bond acceptors (Lipinski definition) is 4. The first-order valence-electron chi connectivity index (χ1n) is 8.69. The van der Waals surface area contributed by atoms with Crippen LogP contribution in [0.2, 0.25) is 0 Å². The summed E-state index contributed by atoms with van der Waals surface area (Å²) in [5.41, 5.74) is 1.01. The molecule has 0 aliphatic carbocycles. The molecule has 3 rings (SSSR count). The van der Waals surface area contributed by atoms with Gasteiger partial charge in [0.2, 0.25) is 5.91 Å². The molecular formula is C18H25N5O. The highest BCUT2D eigenvalue weighted by molar-refractivity contribution is 5.83. The summed E-state index contributed by atoms with van der Waals surface area (Å²) in [6.45, 7) is 6.23. The van der Waals surface area contributed by atoms with E-state index < -0.39 is 0 Å². The van der Waals surface area contributed by atoms with Crippen molar-refractivity contribution in [2.24, 2.45) is 0 Å². The lowest BCUT2D eigenvalue weighted by Gasteiger charge is -2.31. The van der Waals surface area contributed by atoms with E-state index in [0.717, 1.165) is 43.9 Å². The number of carbonyl (C=O) groups excluding carboxylic acids is 1. The maximum Gasteiger partial charge on any atom is 0.244 e. The lowest BCUT2D eigenvalue weighted by atomic mass is 10.0. The second-order valence-electron chi connectivity index (χ2n) is 6.11. The lowest BCUT2D eigenvalue weighted by molar-refractivity contribution is -0.133. The Labute approximate surface area is 142 Å². The number of nitrogens with zero attached hydrogens (tertiary/aromatic N) is 4. The average Bonchev–Trinajstić information content (AvgIpc) is 3.09. The van der Waals surface area contributed by atoms with Gasteiger partial charge in [-0.25, -0.2) is 9.67 Å². The van der Waals surface area contributed by atoms with E-state index in [1.165, 1.54) is 0 Å². The highest BCUT2D eigenvalue weighted by atomic mass is 16.2. The van der Waals surface area contributed by atoms with Crippen molar-refractivity contribution in [3.8, 4) is 0 Å². The first-order valence-corrected chi connectivity index (χ1v) is 8.69. The molecule has 128 valence electrons.